The van der Waals surface area contributed by atoms with Crippen molar-refractivity contribution in [1.82, 2.24) is 5.32 Å². The summed E-state index contributed by atoms with van der Waals surface area (Å²) in [4.78, 5) is 22.1. The Morgan fingerprint density at radius 1 is 1.21 bits per heavy atom. The third-order valence-electron chi connectivity index (χ3n) is 3.22. The highest BCUT2D eigenvalue weighted by Gasteiger charge is 2.20. The number of nitrogens with one attached hydrogen (secondary N) is 1. The Morgan fingerprint density at radius 2 is 1.83 bits per heavy atom. The molecule has 0 aromatic heterocycles. The Hall–Kier alpha value is -2.94. The first-order valence-electron chi connectivity index (χ1n) is 6.64. The quantitative estimate of drug-likeness (QED) is 0.497. The van der Waals surface area contributed by atoms with E-state index in [9.17, 15) is 33.2 Å². The van der Waals surface area contributed by atoms with E-state index in [0.29, 0.717) is 12.1 Å². The molecule has 0 aliphatic carbocycles. The summed E-state index contributed by atoms with van der Waals surface area (Å²) in [5.41, 5.74) is -0.583. The van der Waals surface area contributed by atoms with Crippen LogP contribution in [0.1, 0.15) is 22.0 Å². The number of halogens is 3. The summed E-state index contributed by atoms with van der Waals surface area (Å²) in [7, 11) is 0. The molecule has 0 spiro atoms. The SMILES string of the molecule is O=C(NC(CO)c1cc(F)c(F)c(F)c1)c1cccc([N+](=O)[O-])c1. The summed E-state index contributed by atoms with van der Waals surface area (Å²) in [6.07, 6.45) is 0. The molecule has 6 nitrogen and oxygen atoms in total. The van der Waals surface area contributed by atoms with Crippen molar-refractivity contribution in [3.05, 3.63) is 75.1 Å². The maximum atomic E-state index is 13.3. The Labute approximate surface area is 133 Å². The molecule has 2 aromatic carbocycles. The molecular formula is C15H11F3N2O4. The Kier molecular flexibility index (Phi) is 5.14. The lowest BCUT2D eigenvalue weighted by molar-refractivity contribution is -0.384. The van der Waals surface area contributed by atoms with Gasteiger partial charge in [0.05, 0.1) is 17.6 Å². The average molecular weight is 340 g/mol. The van der Waals surface area contributed by atoms with Gasteiger partial charge >= 0.3 is 0 Å². The summed E-state index contributed by atoms with van der Waals surface area (Å²) in [5, 5.41) is 22.3. The molecule has 2 N–H and O–H groups in total. The molecule has 0 saturated heterocycles. The predicted octanol–water partition coefficient (Wildman–Crippen LogP) is 2.48. The molecule has 1 atom stereocenters. The number of nitro benzene ring substituents is 1. The van der Waals surface area contributed by atoms with E-state index in [4.69, 9.17) is 0 Å². The highest BCUT2D eigenvalue weighted by atomic mass is 19.2. The van der Waals surface area contributed by atoms with E-state index in [-0.39, 0.29) is 16.8 Å². The molecule has 126 valence electrons. The lowest BCUT2D eigenvalue weighted by atomic mass is 10.1. The number of amides is 1. The second-order valence-electron chi connectivity index (χ2n) is 4.81. The number of benzene rings is 2. The zero-order valence-corrected chi connectivity index (χ0v) is 12.0. The number of non-ortho nitro benzene ring substituents is 1. The number of nitro groups is 1. The fourth-order valence-corrected chi connectivity index (χ4v) is 2.01. The molecular weight excluding hydrogens is 329 g/mol. The fraction of sp³-hybridized carbons (Fsp3) is 0.133. The molecule has 9 heteroatoms. The van der Waals surface area contributed by atoms with Gasteiger partial charge in [0.1, 0.15) is 0 Å². The van der Waals surface area contributed by atoms with Crippen molar-refractivity contribution in [3.8, 4) is 0 Å². The molecule has 0 saturated carbocycles. The third kappa shape index (κ3) is 3.69. The number of hydrogen-bond acceptors (Lipinski definition) is 4. The Bertz CT molecular complexity index is 775. The van der Waals surface area contributed by atoms with E-state index in [1.165, 1.54) is 18.2 Å². The van der Waals surface area contributed by atoms with Crippen molar-refractivity contribution in [1.29, 1.82) is 0 Å². The first-order valence-corrected chi connectivity index (χ1v) is 6.64. The number of aliphatic hydroxyl groups is 1. The van der Waals surface area contributed by atoms with E-state index in [0.717, 1.165) is 6.07 Å². The van der Waals surface area contributed by atoms with Gasteiger partial charge in [-0.15, -0.1) is 0 Å². The maximum Gasteiger partial charge on any atom is 0.270 e. The topological polar surface area (TPSA) is 92.5 Å². The molecule has 0 bridgehead atoms. The molecule has 2 rings (SSSR count). The van der Waals surface area contributed by atoms with Crippen molar-refractivity contribution in [2.75, 3.05) is 6.61 Å². The second-order valence-corrected chi connectivity index (χ2v) is 4.81. The third-order valence-corrected chi connectivity index (χ3v) is 3.22. The zero-order chi connectivity index (χ0) is 17.9. The van der Waals surface area contributed by atoms with Crippen LogP contribution in [0, 0.1) is 27.6 Å². The predicted molar refractivity (Wildman–Crippen MR) is 76.7 cm³/mol. The minimum atomic E-state index is -1.67. The number of nitrogens with zero attached hydrogens (tertiary/aromatic N) is 1. The van der Waals surface area contributed by atoms with Crippen LogP contribution in [0.2, 0.25) is 0 Å². The van der Waals surface area contributed by atoms with Crippen LogP contribution in [-0.2, 0) is 0 Å². The summed E-state index contributed by atoms with van der Waals surface area (Å²) in [5.74, 6) is -5.40. The lowest BCUT2D eigenvalue weighted by Crippen LogP contribution is -2.31. The number of hydrogen-bond donors (Lipinski definition) is 2. The van der Waals surface area contributed by atoms with Crippen LogP contribution in [0.3, 0.4) is 0 Å². The summed E-state index contributed by atoms with van der Waals surface area (Å²) >= 11 is 0. The molecule has 1 amide bonds. The molecule has 2 aromatic rings. The van der Waals surface area contributed by atoms with Gasteiger partial charge in [-0.2, -0.15) is 0 Å². The molecule has 0 aliphatic rings. The van der Waals surface area contributed by atoms with Crippen molar-refractivity contribution in [2.45, 2.75) is 6.04 Å². The van der Waals surface area contributed by atoms with Gasteiger partial charge in [-0.1, -0.05) is 6.07 Å². The molecule has 0 fully saturated rings. The fourth-order valence-electron chi connectivity index (χ4n) is 2.01. The molecule has 0 heterocycles. The monoisotopic (exact) mass is 340 g/mol. The summed E-state index contributed by atoms with van der Waals surface area (Å²) in [6, 6.07) is 4.85. The van der Waals surface area contributed by atoms with Gasteiger partial charge in [0.2, 0.25) is 0 Å². The smallest absolute Gasteiger partial charge is 0.270 e. The Balaban J connectivity index is 2.26. The largest absolute Gasteiger partial charge is 0.394 e. The van der Waals surface area contributed by atoms with E-state index >= 15 is 0 Å². The number of carbonyl (C=O) groups is 1. The van der Waals surface area contributed by atoms with Crippen molar-refractivity contribution in [3.63, 3.8) is 0 Å². The molecule has 0 radical (unpaired) electrons. The minimum Gasteiger partial charge on any atom is -0.394 e. The highest BCUT2D eigenvalue weighted by molar-refractivity contribution is 5.95. The van der Waals surface area contributed by atoms with Crippen LogP contribution in [0.25, 0.3) is 0 Å². The zero-order valence-electron chi connectivity index (χ0n) is 12.0. The minimum absolute atomic E-state index is 0.0781. The van der Waals surface area contributed by atoms with Crippen LogP contribution in [-0.4, -0.2) is 22.5 Å². The van der Waals surface area contributed by atoms with E-state index in [1.807, 2.05) is 0 Å². The normalized spacial score (nSPS) is 11.8. The molecule has 0 aliphatic heterocycles. The standard InChI is InChI=1S/C15H11F3N2O4/c16-11-5-9(6-12(17)14(11)18)13(7-21)19-15(22)8-2-1-3-10(4-8)20(23)24/h1-6,13,21H,7H2,(H,19,22). The molecule has 1 unspecified atom stereocenters. The van der Waals surface area contributed by atoms with Crippen molar-refractivity contribution < 1.29 is 28.0 Å². The van der Waals surface area contributed by atoms with Gasteiger partial charge in [0.15, 0.2) is 17.5 Å². The lowest BCUT2D eigenvalue weighted by Gasteiger charge is -2.17. The van der Waals surface area contributed by atoms with E-state index < -0.39 is 40.9 Å². The summed E-state index contributed by atoms with van der Waals surface area (Å²) < 4.78 is 39.5. The van der Waals surface area contributed by atoms with Gasteiger partial charge in [0.25, 0.3) is 11.6 Å². The van der Waals surface area contributed by atoms with Gasteiger partial charge in [0, 0.05) is 17.7 Å². The second kappa shape index (κ2) is 7.09. The van der Waals surface area contributed by atoms with E-state index in [1.54, 1.807) is 0 Å². The van der Waals surface area contributed by atoms with Crippen LogP contribution in [0.4, 0.5) is 18.9 Å². The van der Waals surface area contributed by atoms with Crippen molar-refractivity contribution in [2.24, 2.45) is 0 Å². The van der Waals surface area contributed by atoms with Crippen LogP contribution in [0.15, 0.2) is 36.4 Å². The van der Waals surface area contributed by atoms with Crippen LogP contribution >= 0.6 is 0 Å². The Morgan fingerprint density at radius 3 is 2.38 bits per heavy atom. The number of carbonyl (C=O) groups excluding carboxylic acids is 1. The number of rotatable bonds is 5. The average Bonchev–Trinajstić information content (AvgIpc) is 2.56. The van der Waals surface area contributed by atoms with E-state index in [2.05, 4.69) is 5.32 Å². The number of aliphatic hydroxyl groups excluding tert-OH is 1. The van der Waals surface area contributed by atoms with Gasteiger partial charge in [-0.25, -0.2) is 13.2 Å². The molecule has 24 heavy (non-hydrogen) atoms. The van der Waals surface area contributed by atoms with Crippen LogP contribution < -0.4 is 5.32 Å². The first kappa shape index (κ1) is 17.4. The van der Waals surface area contributed by atoms with Gasteiger partial charge < -0.3 is 10.4 Å². The van der Waals surface area contributed by atoms with Crippen molar-refractivity contribution >= 4 is 11.6 Å². The highest BCUT2D eigenvalue weighted by Crippen LogP contribution is 2.20. The van der Waals surface area contributed by atoms with Gasteiger partial charge in [-0.3, -0.25) is 14.9 Å². The first-order chi connectivity index (χ1) is 11.3. The van der Waals surface area contributed by atoms with Crippen LogP contribution in [0.5, 0.6) is 0 Å². The maximum absolute atomic E-state index is 13.3. The summed E-state index contributed by atoms with van der Waals surface area (Å²) in [6.45, 7) is -0.717. The van der Waals surface area contributed by atoms with Gasteiger partial charge in [-0.05, 0) is 23.8 Å².